The van der Waals surface area contributed by atoms with Crippen molar-refractivity contribution < 1.29 is 13.2 Å². The summed E-state index contributed by atoms with van der Waals surface area (Å²) in [5.74, 6) is -0.258. The molecule has 0 atom stereocenters. The van der Waals surface area contributed by atoms with Crippen molar-refractivity contribution in [1.82, 2.24) is 10.0 Å². The van der Waals surface area contributed by atoms with Crippen LogP contribution in [0.1, 0.15) is 12.0 Å². The van der Waals surface area contributed by atoms with Crippen LogP contribution < -0.4 is 10.0 Å². The van der Waals surface area contributed by atoms with Gasteiger partial charge in [-0.1, -0.05) is 59.6 Å². The van der Waals surface area contributed by atoms with Crippen LogP contribution in [0.5, 0.6) is 0 Å². The van der Waals surface area contributed by atoms with Gasteiger partial charge in [0.05, 0.1) is 10.0 Å². The molecular formula is C16H16Cl2N2O3S. The largest absolute Gasteiger partial charge is 0.352 e. The molecule has 0 radical (unpaired) electrons. The van der Waals surface area contributed by atoms with Gasteiger partial charge in [0.25, 0.3) is 0 Å². The van der Waals surface area contributed by atoms with E-state index in [1.807, 2.05) is 30.3 Å². The summed E-state index contributed by atoms with van der Waals surface area (Å²) in [5.41, 5.74) is 0.967. The Bertz CT molecular complexity index is 791. The first kappa shape index (κ1) is 18.7. The molecule has 0 saturated heterocycles. The quantitative estimate of drug-likeness (QED) is 0.767. The van der Waals surface area contributed by atoms with Crippen LogP contribution in [0.3, 0.4) is 0 Å². The highest BCUT2D eigenvalue weighted by Crippen LogP contribution is 2.28. The fraction of sp³-hybridized carbons (Fsp3) is 0.188. The van der Waals surface area contributed by atoms with Gasteiger partial charge in [0.1, 0.15) is 4.90 Å². The lowest BCUT2D eigenvalue weighted by molar-refractivity contribution is -0.121. The molecule has 8 heteroatoms. The number of benzene rings is 2. The number of nitrogens with one attached hydrogen (secondary N) is 2. The molecule has 2 rings (SSSR count). The van der Waals surface area contributed by atoms with Crippen molar-refractivity contribution in [3.63, 3.8) is 0 Å². The minimum atomic E-state index is -3.88. The van der Waals surface area contributed by atoms with Gasteiger partial charge >= 0.3 is 0 Å². The third kappa shape index (κ3) is 5.21. The molecule has 2 aromatic carbocycles. The number of amides is 1. The van der Waals surface area contributed by atoms with E-state index in [0.29, 0.717) is 6.54 Å². The predicted octanol–water partition coefficient (Wildman–Crippen LogP) is 2.98. The van der Waals surface area contributed by atoms with E-state index in [0.717, 1.165) is 5.56 Å². The second kappa shape index (κ2) is 8.48. The van der Waals surface area contributed by atoms with E-state index in [4.69, 9.17) is 23.2 Å². The predicted molar refractivity (Wildman–Crippen MR) is 94.6 cm³/mol. The van der Waals surface area contributed by atoms with Crippen molar-refractivity contribution in [2.75, 3.05) is 6.54 Å². The summed E-state index contributed by atoms with van der Waals surface area (Å²) in [6.45, 7) is 0.341. The van der Waals surface area contributed by atoms with Crippen LogP contribution in [0.4, 0.5) is 0 Å². The molecule has 0 bridgehead atoms. The lowest BCUT2D eigenvalue weighted by atomic mass is 10.2. The topological polar surface area (TPSA) is 75.3 Å². The Hall–Kier alpha value is -1.60. The third-order valence-corrected chi connectivity index (χ3v) is 5.58. The lowest BCUT2D eigenvalue weighted by Crippen LogP contribution is -2.30. The van der Waals surface area contributed by atoms with Crippen LogP contribution in [-0.2, 0) is 21.4 Å². The molecular weight excluding hydrogens is 371 g/mol. The maximum Gasteiger partial charge on any atom is 0.243 e. The second-order valence-electron chi connectivity index (χ2n) is 4.96. The van der Waals surface area contributed by atoms with Gasteiger partial charge in [0, 0.05) is 19.5 Å². The molecule has 0 fully saturated rings. The SMILES string of the molecule is O=C(CCNS(=O)(=O)c1c(Cl)cccc1Cl)NCc1ccccc1. The summed E-state index contributed by atoms with van der Waals surface area (Å²) in [6, 6.07) is 13.9. The zero-order valence-corrected chi connectivity index (χ0v) is 15.0. The Morgan fingerprint density at radius 3 is 2.21 bits per heavy atom. The van der Waals surface area contributed by atoms with Gasteiger partial charge < -0.3 is 5.32 Å². The molecule has 0 spiro atoms. The zero-order valence-electron chi connectivity index (χ0n) is 12.6. The molecule has 0 aromatic heterocycles. The fourth-order valence-corrected chi connectivity index (χ4v) is 4.17. The fourth-order valence-electron chi connectivity index (χ4n) is 2.00. The highest BCUT2D eigenvalue weighted by molar-refractivity contribution is 7.89. The van der Waals surface area contributed by atoms with Gasteiger partial charge in [-0.15, -0.1) is 0 Å². The van der Waals surface area contributed by atoms with Crippen LogP contribution in [0.15, 0.2) is 53.4 Å². The average molecular weight is 387 g/mol. The van der Waals surface area contributed by atoms with Gasteiger partial charge in [-0.25, -0.2) is 13.1 Å². The van der Waals surface area contributed by atoms with Crippen LogP contribution in [-0.4, -0.2) is 20.9 Å². The van der Waals surface area contributed by atoms with Crippen LogP contribution >= 0.6 is 23.2 Å². The van der Waals surface area contributed by atoms with E-state index < -0.39 is 10.0 Å². The third-order valence-electron chi connectivity index (χ3n) is 3.16. The van der Waals surface area contributed by atoms with Gasteiger partial charge in [0.15, 0.2) is 0 Å². The van der Waals surface area contributed by atoms with Crippen molar-refractivity contribution in [2.45, 2.75) is 17.9 Å². The second-order valence-corrected chi connectivity index (χ2v) is 7.48. The lowest BCUT2D eigenvalue weighted by Gasteiger charge is -2.10. The Kier molecular flexibility index (Phi) is 6.62. The number of carbonyl (C=O) groups excluding carboxylic acids is 1. The first-order chi connectivity index (χ1) is 11.4. The molecule has 0 aliphatic carbocycles. The Labute approximate surface area is 151 Å². The van der Waals surface area contributed by atoms with Gasteiger partial charge in [-0.3, -0.25) is 4.79 Å². The number of carbonyl (C=O) groups is 1. The summed E-state index contributed by atoms with van der Waals surface area (Å²) < 4.78 is 26.8. The van der Waals surface area contributed by atoms with E-state index >= 15 is 0 Å². The van der Waals surface area contributed by atoms with Gasteiger partial charge in [-0.2, -0.15) is 0 Å². The van der Waals surface area contributed by atoms with Crippen molar-refractivity contribution in [3.8, 4) is 0 Å². The van der Waals surface area contributed by atoms with E-state index in [-0.39, 0.29) is 33.8 Å². The minimum absolute atomic E-state index is 0.00807. The first-order valence-electron chi connectivity index (χ1n) is 7.14. The standard InChI is InChI=1S/C16H16Cl2N2O3S/c17-13-7-4-8-14(18)16(13)24(22,23)20-10-9-15(21)19-11-12-5-2-1-3-6-12/h1-8,20H,9-11H2,(H,19,21). The van der Waals surface area contributed by atoms with E-state index in [2.05, 4.69) is 10.0 Å². The first-order valence-corrected chi connectivity index (χ1v) is 9.38. The van der Waals surface area contributed by atoms with E-state index in [1.54, 1.807) is 6.07 Å². The molecule has 2 aromatic rings. The molecule has 0 aliphatic heterocycles. The van der Waals surface area contributed by atoms with Crippen LogP contribution in [0.25, 0.3) is 0 Å². The summed E-state index contributed by atoms with van der Waals surface area (Å²) in [5, 5.41) is 2.78. The van der Waals surface area contributed by atoms with Gasteiger partial charge in [0.2, 0.25) is 15.9 Å². The van der Waals surface area contributed by atoms with Crippen molar-refractivity contribution in [3.05, 3.63) is 64.1 Å². The maximum absolute atomic E-state index is 12.2. The molecule has 128 valence electrons. The van der Waals surface area contributed by atoms with Crippen molar-refractivity contribution in [2.24, 2.45) is 0 Å². The Balaban J connectivity index is 1.86. The zero-order chi connectivity index (χ0) is 17.6. The molecule has 24 heavy (non-hydrogen) atoms. The number of hydrogen-bond donors (Lipinski definition) is 2. The monoisotopic (exact) mass is 386 g/mol. The maximum atomic E-state index is 12.2. The van der Waals surface area contributed by atoms with E-state index in [1.165, 1.54) is 12.1 Å². The minimum Gasteiger partial charge on any atom is -0.352 e. The Morgan fingerprint density at radius 2 is 1.58 bits per heavy atom. The molecule has 0 heterocycles. The van der Waals surface area contributed by atoms with Crippen LogP contribution in [0, 0.1) is 0 Å². The molecule has 0 saturated carbocycles. The normalized spacial score (nSPS) is 11.2. The highest BCUT2D eigenvalue weighted by atomic mass is 35.5. The Morgan fingerprint density at radius 1 is 0.958 bits per heavy atom. The van der Waals surface area contributed by atoms with Gasteiger partial charge in [-0.05, 0) is 17.7 Å². The summed E-state index contributed by atoms with van der Waals surface area (Å²) in [7, 11) is -3.88. The molecule has 5 nitrogen and oxygen atoms in total. The average Bonchev–Trinajstić information content (AvgIpc) is 2.53. The number of rotatable bonds is 7. The molecule has 2 N–H and O–H groups in total. The molecule has 0 aliphatic rings. The van der Waals surface area contributed by atoms with Crippen molar-refractivity contribution >= 4 is 39.1 Å². The smallest absolute Gasteiger partial charge is 0.243 e. The number of sulfonamides is 1. The van der Waals surface area contributed by atoms with E-state index in [9.17, 15) is 13.2 Å². The highest BCUT2D eigenvalue weighted by Gasteiger charge is 2.21. The molecule has 0 unspecified atom stereocenters. The van der Waals surface area contributed by atoms with Crippen LogP contribution in [0.2, 0.25) is 10.0 Å². The van der Waals surface area contributed by atoms with Crippen molar-refractivity contribution in [1.29, 1.82) is 0 Å². The molecule has 1 amide bonds. The number of halogens is 2. The number of hydrogen-bond acceptors (Lipinski definition) is 3. The summed E-state index contributed by atoms with van der Waals surface area (Å²) in [6.07, 6.45) is 0.00807. The summed E-state index contributed by atoms with van der Waals surface area (Å²) >= 11 is 11.8. The summed E-state index contributed by atoms with van der Waals surface area (Å²) in [4.78, 5) is 11.6.